The number of rotatable bonds is 5. The Kier molecular flexibility index (Phi) is 6.21. The minimum Gasteiger partial charge on any atom is -1.00 e. The lowest BCUT2D eigenvalue weighted by Crippen LogP contribution is -3.00. The van der Waals surface area contributed by atoms with Crippen LogP contribution in [0.4, 0.5) is 5.69 Å². The van der Waals surface area contributed by atoms with Crippen LogP contribution in [0.2, 0.25) is 0 Å². The molecule has 0 radical (unpaired) electrons. The van der Waals surface area contributed by atoms with Crippen molar-refractivity contribution in [3.8, 4) is 0 Å². The van der Waals surface area contributed by atoms with E-state index < -0.39 is 6.29 Å². The summed E-state index contributed by atoms with van der Waals surface area (Å²) in [5.74, 6) is 0.430. The van der Waals surface area contributed by atoms with Gasteiger partial charge >= 0.3 is 5.95 Å². The second kappa shape index (κ2) is 7.96. The average molecular weight is 356 g/mol. The number of quaternary nitrogens is 1. The molecular formula is C17H26ClN3O3. The number of para-hydroxylation sites is 1. The van der Waals surface area contributed by atoms with Crippen molar-refractivity contribution >= 4 is 5.69 Å². The molecule has 7 heteroatoms. The predicted octanol–water partition coefficient (Wildman–Crippen LogP) is -1.47. The fraction of sp³-hybridized carbons (Fsp3) is 0.529. The van der Waals surface area contributed by atoms with Crippen LogP contribution in [0, 0.1) is 0 Å². The second-order valence-corrected chi connectivity index (χ2v) is 6.59. The zero-order valence-corrected chi connectivity index (χ0v) is 15.0. The fourth-order valence-electron chi connectivity index (χ4n) is 2.85. The number of anilines is 1. The normalized spacial score (nSPS) is 22.8. The number of hydrogen-bond acceptors (Lipinski definition) is 5. The van der Waals surface area contributed by atoms with Gasteiger partial charge in [-0.3, -0.25) is 4.90 Å². The number of ether oxygens (including phenoxy) is 3. The van der Waals surface area contributed by atoms with Gasteiger partial charge in [0.1, 0.15) is 13.2 Å². The van der Waals surface area contributed by atoms with E-state index in [1.807, 2.05) is 24.3 Å². The molecular weight excluding hydrogens is 330 g/mol. The highest BCUT2D eigenvalue weighted by Crippen LogP contribution is 2.31. The van der Waals surface area contributed by atoms with E-state index in [0.29, 0.717) is 18.2 Å². The minimum absolute atomic E-state index is 0. The molecule has 2 aliphatic rings. The topological polar surface area (TPSA) is 57.0 Å². The summed E-state index contributed by atoms with van der Waals surface area (Å²) in [5, 5.41) is 0. The zero-order chi connectivity index (χ0) is 16.3. The van der Waals surface area contributed by atoms with Crippen molar-refractivity contribution in [2.45, 2.75) is 6.29 Å². The van der Waals surface area contributed by atoms with E-state index in [1.165, 1.54) is 6.26 Å². The first-order valence-corrected chi connectivity index (χ1v) is 8.07. The van der Waals surface area contributed by atoms with Crippen LogP contribution in [0.25, 0.3) is 0 Å². The van der Waals surface area contributed by atoms with Crippen LogP contribution in [0.5, 0.6) is 0 Å². The van der Waals surface area contributed by atoms with E-state index in [9.17, 15) is 0 Å². The Bertz CT molecular complexity index is 574. The molecule has 0 amide bonds. The minimum atomic E-state index is -0.514. The average Bonchev–Trinajstić information content (AvgIpc) is 3.00. The van der Waals surface area contributed by atoms with Gasteiger partial charge in [-0.25, -0.2) is 0 Å². The Labute approximate surface area is 149 Å². The van der Waals surface area contributed by atoms with Crippen LogP contribution in [0.1, 0.15) is 11.9 Å². The molecule has 2 heterocycles. The monoisotopic (exact) mass is 355 g/mol. The molecule has 3 rings (SSSR count). The van der Waals surface area contributed by atoms with E-state index in [2.05, 4.69) is 19.0 Å². The second-order valence-electron chi connectivity index (χ2n) is 6.59. The highest BCUT2D eigenvalue weighted by atomic mass is 35.5. The molecule has 0 saturated carbocycles. The van der Waals surface area contributed by atoms with Crippen LogP contribution in [-0.2, 0) is 14.2 Å². The van der Waals surface area contributed by atoms with Crippen molar-refractivity contribution in [3.63, 3.8) is 0 Å². The summed E-state index contributed by atoms with van der Waals surface area (Å²) in [4.78, 5) is 2.37. The molecule has 0 spiro atoms. The summed E-state index contributed by atoms with van der Waals surface area (Å²) in [6.07, 6.45) is 1.01. The molecule has 2 aliphatic heterocycles. The number of piperazine rings is 1. The van der Waals surface area contributed by atoms with Gasteiger partial charge in [-0.2, -0.15) is 0 Å². The van der Waals surface area contributed by atoms with Gasteiger partial charge in [0.2, 0.25) is 0 Å². The van der Waals surface area contributed by atoms with Crippen LogP contribution >= 0.6 is 0 Å². The van der Waals surface area contributed by atoms with Gasteiger partial charge in [-0.05, 0) is 19.2 Å². The Balaban J connectivity index is 0.00000208. The summed E-state index contributed by atoms with van der Waals surface area (Å²) in [7, 11) is 4.45. The third kappa shape index (κ3) is 4.47. The van der Waals surface area contributed by atoms with Crippen LogP contribution in [0.3, 0.4) is 0 Å². The number of benzene rings is 1. The van der Waals surface area contributed by atoms with E-state index in [1.54, 1.807) is 0 Å². The summed E-state index contributed by atoms with van der Waals surface area (Å²) in [5.41, 5.74) is 7.42. The van der Waals surface area contributed by atoms with Crippen molar-refractivity contribution in [3.05, 3.63) is 42.0 Å². The lowest BCUT2D eigenvalue weighted by atomic mass is 10.2. The lowest BCUT2D eigenvalue weighted by Gasteiger charge is -2.40. The smallest absolute Gasteiger partial charge is 0.319 e. The van der Waals surface area contributed by atoms with Gasteiger partial charge in [0, 0.05) is 18.8 Å². The van der Waals surface area contributed by atoms with Crippen molar-refractivity contribution < 1.29 is 31.1 Å². The molecule has 24 heavy (non-hydrogen) atoms. The highest BCUT2D eigenvalue weighted by molar-refractivity contribution is 5.47. The largest absolute Gasteiger partial charge is 1.00 e. The molecule has 0 bridgehead atoms. The van der Waals surface area contributed by atoms with Gasteiger partial charge in [-0.1, -0.05) is 12.1 Å². The molecule has 1 aromatic carbocycles. The van der Waals surface area contributed by atoms with E-state index in [-0.39, 0.29) is 12.4 Å². The third-order valence-corrected chi connectivity index (χ3v) is 4.68. The van der Waals surface area contributed by atoms with E-state index in [4.69, 9.17) is 19.9 Å². The maximum absolute atomic E-state index is 5.94. The number of halogens is 1. The van der Waals surface area contributed by atoms with Crippen LogP contribution < -0.4 is 18.1 Å². The first kappa shape index (κ1) is 18.7. The molecule has 6 nitrogen and oxygen atoms in total. The summed E-state index contributed by atoms with van der Waals surface area (Å²) in [6, 6.07) is 7.53. The number of nitrogens with two attached hydrogens (primary N) is 1. The van der Waals surface area contributed by atoms with Crippen molar-refractivity contribution in [1.82, 2.24) is 4.90 Å². The predicted molar refractivity (Wildman–Crippen MR) is 88.1 cm³/mol. The van der Waals surface area contributed by atoms with Gasteiger partial charge in [-0.15, -0.1) is 0 Å². The van der Waals surface area contributed by atoms with E-state index in [0.717, 1.165) is 42.8 Å². The Hall–Kier alpha value is -1.63. The SMILES string of the molecule is CN1CC[N+](C)(CCOC2=COC(c3ccccc3N)O2)CC1.[Cl-]. The molecule has 1 atom stereocenters. The first-order chi connectivity index (χ1) is 11.1. The maximum Gasteiger partial charge on any atom is 0.319 e. The number of hydrogen-bond donors (Lipinski definition) is 1. The van der Waals surface area contributed by atoms with Gasteiger partial charge in [0.05, 0.1) is 25.7 Å². The summed E-state index contributed by atoms with van der Waals surface area (Å²) < 4.78 is 18.0. The Morgan fingerprint density at radius 2 is 2.00 bits per heavy atom. The van der Waals surface area contributed by atoms with E-state index >= 15 is 0 Å². The molecule has 0 aliphatic carbocycles. The Morgan fingerprint density at radius 3 is 2.71 bits per heavy atom. The molecule has 0 aromatic heterocycles. The number of nitrogen functional groups attached to an aromatic ring is 1. The van der Waals surface area contributed by atoms with Gasteiger partial charge in [0.15, 0.2) is 6.26 Å². The Morgan fingerprint density at radius 1 is 1.29 bits per heavy atom. The summed E-state index contributed by atoms with van der Waals surface area (Å²) in [6.45, 7) is 6.15. The summed E-state index contributed by atoms with van der Waals surface area (Å²) >= 11 is 0. The third-order valence-electron chi connectivity index (χ3n) is 4.68. The lowest BCUT2D eigenvalue weighted by molar-refractivity contribution is -0.913. The van der Waals surface area contributed by atoms with Gasteiger partial charge < -0.3 is 36.8 Å². The molecule has 1 aromatic rings. The number of likely N-dealkylation sites (N-methyl/N-ethyl adjacent to an activating group) is 2. The molecule has 1 fully saturated rings. The first-order valence-electron chi connectivity index (χ1n) is 8.07. The quantitative estimate of drug-likeness (QED) is 0.516. The van der Waals surface area contributed by atoms with Crippen molar-refractivity contribution in [2.75, 3.05) is 59.2 Å². The maximum atomic E-state index is 5.94. The van der Waals surface area contributed by atoms with Crippen molar-refractivity contribution in [1.29, 1.82) is 0 Å². The van der Waals surface area contributed by atoms with Crippen LogP contribution in [-0.4, -0.2) is 62.8 Å². The van der Waals surface area contributed by atoms with Crippen molar-refractivity contribution in [2.24, 2.45) is 0 Å². The van der Waals surface area contributed by atoms with Crippen LogP contribution in [0.15, 0.2) is 36.5 Å². The molecule has 1 unspecified atom stereocenters. The fourth-order valence-corrected chi connectivity index (χ4v) is 2.85. The zero-order valence-electron chi connectivity index (χ0n) is 14.3. The van der Waals surface area contributed by atoms with Gasteiger partial charge in [0.25, 0.3) is 6.29 Å². The molecule has 134 valence electrons. The standard InChI is InChI=1S/C17H26N3O3.ClH/c1-19-7-9-20(2,10-8-19)11-12-21-16-13-22-17(23-16)14-5-3-4-6-15(14)18;/h3-6,13,17H,7-12,18H2,1-2H3;1H/q+1;/p-1. The number of nitrogens with zero attached hydrogens (tertiary/aromatic N) is 2. The highest BCUT2D eigenvalue weighted by Gasteiger charge is 2.28. The molecule has 2 N–H and O–H groups in total. The molecule has 1 saturated heterocycles.